The quantitative estimate of drug-likeness (QED) is 0.444. The standard InChI is InChI=1S/C20H17N3O2/c1-3-12-23-14-15(16-8-4-6-10-18(16)23)13-21-22-20(24)17-9-5-7-11-19(17)25-2/h1,4-11,13-14H,12H2,2H3,(H,22,24)/b21-13-. The lowest BCUT2D eigenvalue weighted by Crippen LogP contribution is -2.18. The van der Waals surface area contributed by atoms with Crippen molar-refractivity contribution in [2.45, 2.75) is 6.54 Å². The number of terminal acetylenes is 1. The molecule has 0 unspecified atom stereocenters. The zero-order chi connectivity index (χ0) is 17.6. The first-order valence-electron chi connectivity index (χ1n) is 7.72. The second kappa shape index (κ2) is 7.37. The molecule has 0 spiro atoms. The van der Waals surface area contributed by atoms with Crippen LogP contribution in [-0.2, 0) is 6.54 Å². The van der Waals surface area contributed by atoms with E-state index in [0.29, 0.717) is 17.9 Å². The van der Waals surface area contributed by atoms with Gasteiger partial charge < -0.3 is 9.30 Å². The fourth-order valence-corrected chi connectivity index (χ4v) is 2.66. The van der Waals surface area contributed by atoms with Crippen molar-refractivity contribution in [3.63, 3.8) is 0 Å². The zero-order valence-electron chi connectivity index (χ0n) is 13.8. The van der Waals surface area contributed by atoms with E-state index in [-0.39, 0.29) is 5.91 Å². The van der Waals surface area contributed by atoms with E-state index in [1.165, 1.54) is 7.11 Å². The number of methoxy groups -OCH3 is 1. The minimum atomic E-state index is -0.332. The van der Waals surface area contributed by atoms with Crippen LogP contribution in [0.2, 0.25) is 0 Å². The van der Waals surface area contributed by atoms with E-state index >= 15 is 0 Å². The van der Waals surface area contributed by atoms with Crippen LogP contribution in [0.25, 0.3) is 10.9 Å². The van der Waals surface area contributed by atoms with Crippen LogP contribution in [0.3, 0.4) is 0 Å². The lowest BCUT2D eigenvalue weighted by atomic mass is 10.2. The molecule has 0 aliphatic rings. The number of hydrogen-bond acceptors (Lipinski definition) is 3. The Morgan fingerprint density at radius 1 is 1.28 bits per heavy atom. The molecule has 0 radical (unpaired) electrons. The van der Waals surface area contributed by atoms with Crippen LogP contribution in [-0.4, -0.2) is 23.8 Å². The van der Waals surface area contributed by atoms with Crippen LogP contribution in [0.4, 0.5) is 0 Å². The van der Waals surface area contributed by atoms with Crippen molar-refractivity contribution < 1.29 is 9.53 Å². The van der Waals surface area contributed by atoms with E-state index in [4.69, 9.17) is 11.2 Å². The first-order valence-corrected chi connectivity index (χ1v) is 7.72. The fraction of sp³-hybridized carbons (Fsp3) is 0.100. The van der Waals surface area contributed by atoms with E-state index < -0.39 is 0 Å². The van der Waals surface area contributed by atoms with E-state index in [0.717, 1.165) is 16.5 Å². The van der Waals surface area contributed by atoms with Gasteiger partial charge in [0.1, 0.15) is 5.75 Å². The molecule has 1 N–H and O–H groups in total. The molecule has 0 saturated heterocycles. The van der Waals surface area contributed by atoms with E-state index in [9.17, 15) is 4.79 Å². The Hall–Kier alpha value is -3.52. The third-order valence-electron chi connectivity index (χ3n) is 3.80. The van der Waals surface area contributed by atoms with Gasteiger partial charge in [-0.2, -0.15) is 5.10 Å². The van der Waals surface area contributed by atoms with Crippen molar-refractivity contribution in [1.29, 1.82) is 0 Å². The van der Waals surface area contributed by atoms with Crippen molar-refractivity contribution in [2.75, 3.05) is 7.11 Å². The van der Waals surface area contributed by atoms with Gasteiger partial charge in [0.05, 0.1) is 25.4 Å². The highest BCUT2D eigenvalue weighted by Crippen LogP contribution is 2.20. The summed E-state index contributed by atoms with van der Waals surface area (Å²) in [7, 11) is 1.52. The summed E-state index contributed by atoms with van der Waals surface area (Å²) in [5, 5.41) is 5.09. The van der Waals surface area contributed by atoms with Crippen LogP contribution in [0.1, 0.15) is 15.9 Å². The lowest BCUT2D eigenvalue weighted by Gasteiger charge is -2.05. The topological polar surface area (TPSA) is 55.6 Å². The molecule has 5 heteroatoms. The molecule has 124 valence electrons. The Morgan fingerprint density at radius 3 is 2.84 bits per heavy atom. The molecule has 1 heterocycles. The monoisotopic (exact) mass is 331 g/mol. The number of aromatic nitrogens is 1. The SMILES string of the molecule is C#CCn1cc(/C=N\NC(=O)c2ccccc2OC)c2ccccc21. The average Bonchev–Trinajstić information content (AvgIpc) is 3.00. The molecule has 2 aromatic carbocycles. The molecule has 3 aromatic rings. The summed E-state index contributed by atoms with van der Waals surface area (Å²) < 4.78 is 7.16. The molecule has 25 heavy (non-hydrogen) atoms. The van der Waals surface area contributed by atoms with Crippen molar-refractivity contribution >= 4 is 23.0 Å². The molecule has 0 saturated carbocycles. The second-order valence-electron chi connectivity index (χ2n) is 5.33. The summed E-state index contributed by atoms with van der Waals surface area (Å²) in [5.41, 5.74) is 4.86. The number of hydrogen-bond donors (Lipinski definition) is 1. The largest absolute Gasteiger partial charge is 0.496 e. The van der Waals surface area contributed by atoms with Crippen LogP contribution in [0.15, 0.2) is 59.8 Å². The van der Waals surface area contributed by atoms with Gasteiger partial charge in [0.25, 0.3) is 5.91 Å². The number of rotatable bonds is 5. The van der Waals surface area contributed by atoms with Gasteiger partial charge in [-0.05, 0) is 18.2 Å². The predicted octanol–water partition coefficient (Wildman–Crippen LogP) is 3.05. The second-order valence-corrected chi connectivity index (χ2v) is 5.33. The maximum absolute atomic E-state index is 12.2. The van der Waals surface area contributed by atoms with Gasteiger partial charge in [0, 0.05) is 22.7 Å². The number of fused-ring (bicyclic) bond motifs is 1. The van der Waals surface area contributed by atoms with Gasteiger partial charge in [0.2, 0.25) is 0 Å². The van der Waals surface area contributed by atoms with Crippen LogP contribution in [0.5, 0.6) is 5.75 Å². The van der Waals surface area contributed by atoms with Crippen molar-refractivity contribution in [2.24, 2.45) is 5.10 Å². The number of carbonyl (C=O) groups is 1. The summed E-state index contributed by atoms with van der Waals surface area (Å²) in [6.45, 7) is 0.474. The molecule has 5 nitrogen and oxygen atoms in total. The maximum Gasteiger partial charge on any atom is 0.275 e. The van der Waals surface area contributed by atoms with Gasteiger partial charge in [-0.1, -0.05) is 36.3 Å². The Balaban J connectivity index is 1.82. The fourth-order valence-electron chi connectivity index (χ4n) is 2.66. The highest BCUT2D eigenvalue weighted by atomic mass is 16.5. The number of para-hydroxylation sites is 2. The Kier molecular flexibility index (Phi) is 4.82. The number of benzene rings is 2. The number of hydrazone groups is 1. The molecule has 0 aliphatic heterocycles. The summed E-state index contributed by atoms with van der Waals surface area (Å²) in [5.74, 6) is 2.80. The highest BCUT2D eigenvalue weighted by molar-refractivity contribution is 6.01. The van der Waals surface area contributed by atoms with Crippen LogP contribution < -0.4 is 10.2 Å². The molecule has 0 atom stereocenters. The molecular formula is C20H17N3O2. The van der Waals surface area contributed by atoms with Gasteiger partial charge in [0.15, 0.2) is 0 Å². The molecule has 1 aromatic heterocycles. The number of nitrogens with zero attached hydrogens (tertiary/aromatic N) is 2. The molecule has 0 aliphatic carbocycles. The van der Waals surface area contributed by atoms with E-state index in [2.05, 4.69) is 16.4 Å². The smallest absolute Gasteiger partial charge is 0.275 e. The van der Waals surface area contributed by atoms with Crippen molar-refractivity contribution in [3.8, 4) is 18.1 Å². The predicted molar refractivity (Wildman–Crippen MR) is 98.8 cm³/mol. The van der Waals surface area contributed by atoms with E-state index in [1.54, 1.807) is 30.5 Å². The zero-order valence-corrected chi connectivity index (χ0v) is 13.8. The Labute approximate surface area is 145 Å². The number of carbonyl (C=O) groups excluding carboxylic acids is 1. The van der Waals surface area contributed by atoms with Crippen molar-refractivity contribution in [1.82, 2.24) is 9.99 Å². The summed E-state index contributed by atoms with van der Waals surface area (Å²) in [6.07, 6.45) is 8.95. The lowest BCUT2D eigenvalue weighted by molar-refractivity contribution is 0.0952. The van der Waals surface area contributed by atoms with Gasteiger partial charge >= 0.3 is 0 Å². The molecule has 1 amide bonds. The average molecular weight is 331 g/mol. The molecule has 0 fully saturated rings. The summed E-state index contributed by atoms with van der Waals surface area (Å²) >= 11 is 0. The number of amides is 1. The Bertz CT molecular complexity index is 980. The van der Waals surface area contributed by atoms with Gasteiger partial charge in [-0.15, -0.1) is 6.42 Å². The first-order chi connectivity index (χ1) is 12.2. The molecule has 0 bridgehead atoms. The molecule has 3 rings (SSSR count). The highest BCUT2D eigenvalue weighted by Gasteiger charge is 2.10. The van der Waals surface area contributed by atoms with E-state index in [1.807, 2.05) is 35.0 Å². The van der Waals surface area contributed by atoms with Gasteiger partial charge in [-0.3, -0.25) is 4.79 Å². The van der Waals surface area contributed by atoms with Crippen LogP contribution in [0, 0.1) is 12.3 Å². The third kappa shape index (κ3) is 3.38. The summed E-state index contributed by atoms with van der Waals surface area (Å²) in [6, 6.07) is 14.9. The Morgan fingerprint density at radius 2 is 2.04 bits per heavy atom. The van der Waals surface area contributed by atoms with Crippen molar-refractivity contribution in [3.05, 3.63) is 65.9 Å². The minimum Gasteiger partial charge on any atom is -0.496 e. The summed E-state index contributed by atoms with van der Waals surface area (Å²) in [4.78, 5) is 12.2. The van der Waals surface area contributed by atoms with Crippen LogP contribution >= 0.6 is 0 Å². The maximum atomic E-state index is 12.2. The third-order valence-corrected chi connectivity index (χ3v) is 3.80. The van der Waals surface area contributed by atoms with Gasteiger partial charge in [-0.25, -0.2) is 5.43 Å². The number of ether oxygens (including phenoxy) is 1. The molecular weight excluding hydrogens is 314 g/mol. The minimum absolute atomic E-state index is 0.332. The first kappa shape index (κ1) is 16.3. The number of nitrogens with one attached hydrogen (secondary N) is 1. The normalized spacial score (nSPS) is 10.7.